The Bertz CT molecular complexity index is 879. The van der Waals surface area contributed by atoms with Crippen molar-refractivity contribution in [1.82, 2.24) is 10.5 Å². The molecule has 1 aromatic heterocycles. The minimum absolute atomic E-state index is 0.171. The van der Waals surface area contributed by atoms with Crippen molar-refractivity contribution < 1.29 is 18.4 Å². The van der Waals surface area contributed by atoms with E-state index in [4.69, 9.17) is 20.9 Å². The van der Waals surface area contributed by atoms with E-state index < -0.39 is 5.82 Å². The highest BCUT2D eigenvalue weighted by Crippen LogP contribution is 2.38. The molecule has 0 bridgehead atoms. The molecule has 0 radical (unpaired) electrons. The molecule has 118 valence electrons. The maximum Gasteiger partial charge on any atom is 0.257 e. The number of hydrogen-bond acceptors (Lipinski definition) is 4. The number of ether oxygens (including phenoxy) is 1. The van der Waals surface area contributed by atoms with Gasteiger partial charge >= 0.3 is 0 Å². The number of carbonyl (C=O) groups excluding carboxylic acids is 1. The maximum absolute atomic E-state index is 13.9. The number of likely N-dealkylation sites (N-methyl/N-ethyl adjacent to an activating group) is 1. The predicted octanol–water partition coefficient (Wildman–Crippen LogP) is 3.41. The number of nitrogens with zero attached hydrogens (tertiary/aromatic N) is 1. The van der Waals surface area contributed by atoms with Crippen LogP contribution in [0.25, 0.3) is 22.2 Å². The summed E-state index contributed by atoms with van der Waals surface area (Å²) >= 11 is 6.22. The number of rotatable bonds is 4. The second kappa shape index (κ2) is 6.26. The molecule has 5 nitrogen and oxygen atoms in total. The fraction of sp³-hybridized carbons (Fsp3) is 0.125. The Kier molecular flexibility index (Phi) is 4.16. The van der Waals surface area contributed by atoms with E-state index in [0.29, 0.717) is 22.4 Å². The molecule has 1 amide bonds. The molecule has 0 saturated carbocycles. The van der Waals surface area contributed by atoms with Crippen LogP contribution in [0.15, 0.2) is 40.9 Å². The van der Waals surface area contributed by atoms with Crippen molar-refractivity contribution in [2.24, 2.45) is 0 Å². The number of fused-ring (bicyclic) bond motifs is 1. The summed E-state index contributed by atoms with van der Waals surface area (Å²) in [4.78, 5) is 11.2. The van der Waals surface area contributed by atoms with Gasteiger partial charge in [-0.05, 0) is 24.3 Å². The molecule has 0 saturated heterocycles. The predicted molar refractivity (Wildman–Crippen MR) is 84.0 cm³/mol. The lowest BCUT2D eigenvalue weighted by Gasteiger charge is -2.07. The van der Waals surface area contributed by atoms with Crippen molar-refractivity contribution in [3.05, 3.63) is 47.2 Å². The minimum Gasteiger partial charge on any atom is -0.482 e. The highest BCUT2D eigenvalue weighted by Gasteiger charge is 2.18. The van der Waals surface area contributed by atoms with Gasteiger partial charge in [-0.2, -0.15) is 0 Å². The fourth-order valence-electron chi connectivity index (χ4n) is 2.13. The normalized spacial score (nSPS) is 10.7. The van der Waals surface area contributed by atoms with Gasteiger partial charge in [-0.1, -0.05) is 28.9 Å². The average molecular weight is 335 g/mol. The second-order valence-electron chi connectivity index (χ2n) is 4.73. The SMILES string of the molecule is CNC(=O)COc1ccc2c(-c3ccccc3F)noc2c1Cl. The molecule has 1 N–H and O–H groups in total. The quantitative estimate of drug-likeness (QED) is 0.794. The van der Waals surface area contributed by atoms with Crippen LogP contribution in [0, 0.1) is 5.82 Å². The third-order valence-corrected chi connectivity index (χ3v) is 3.67. The number of hydrogen-bond donors (Lipinski definition) is 1. The first-order valence-electron chi connectivity index (χ1n) is 6.78. The zero-order chi connectivity index (χ0) is 16.4. The highest BCUT2D eigenvalue weighted by molar-refractivity contribution is 6.36. The summed E-state index contributed by atoms with van der Waals surface area (Å²) in [6.45, 7) is -0.171. The molecule has 3 aromatic rings. The third-order valence-electron chi connectivity index (χ3n) is 3.31. The monoisotopic (exact) mass is 334 g/mol. The van der Waals surface area contributed by atoms with Gasteiger partial charge in [0.2, 0.25) is 0 Å². The first-order valence-corrected chi connectivity index (χ1v) is 7.15. The lowest BCUT2D eigenvalue weighted by molar-refractivity contribution is -0.122. The van der Waals surface area contributed by atoms with Crippen molar-refractivity contribution in [2.75, 3.05) is 13.7 Å². The lowest BCUT2D eigenvalue weighted by Crippen LogP contribution is -2.24. The van der Waals surface area contributed by atoms with Crippen LogP contribution in [0.2, 0.25) is 5.02 Å². The Morgan fingerprint density at radius 3 is 2.87 bits per heavy atom. The van der Waals surface area contributed by atoms with E-state index in [0.717, 1.165) is 0 Å². The smallest absolute Gasteiger partial charge is 0.257 e. The van der Waals surface area contributed by atoms with Crippen LogP contribution in [-0.4, -0.2) is 24.7 Å². The molecule has 0 spiro atoms. The molecule has 2 aromatic carbocycles. The lowest BCUT2D eigenvalue weighted by atomic mass is 10.1. The molecule has 23 heavy (non-hydrogen) atoms. The molecular weight excluding hydrogens is 323 g/mol. The second-order valence-corrected chi connectivity index (χ2v) is 5.11. The summed E-state index contributed by atoms with van der Waals surface area (Å²) in [5, 5.41) is 7.09. The van der Waals surface area contributed by atoms with Gasteiger partial charge in [-0.25, -0.2) is 4.39 Å². The van der Waals surface area contributed by atoms with Gasteiger partial charge in [0.25, 0.3) is 5.91 Å². The van der Waals surface area contributed by atoms with E-state index >= 15 is 0 Å². The number of nitrogens with one attached hydrogen (secondary N) is 1. The van der Waals surface area contributed by atoms with Crippen molar-refractivity contribution in [2.45, 2.75) is 0 Å². The third kappa shape index (κ3) is 2.85. The Morgan fingerprint density at radius 2 is 2.13 bits per heavy atom. The van der Waals surface area contributed by atoms with Crippen molar-refractivity contribution in [3.63, 3.8) is 0 Å². The van der Waals surface area contributed by atoms with Gasteiger partial charge in [0.15, 0.2) is 12.2 Å². The van der Waals surface area contributed by atoms with E-state index in [1.54, 1.807) is 30.3 Å². The molecule has 3 rings (SSSR count). The Balaban J connectivity index is 2.01. The zero-order valence-corrected chi connectivity index (χ0v) is 12.9. The number of carbonyl (C=O) groups is 1. The molecule has 0 aliphatic heterocycles. The Hall–Kier alpha value is -2.60. The van der Waals surface area contributed by atoms with Crippen LogP contribution >= 0.6 is 11.6 Å². The number of halogens is 2. The first kappa shape index (κ1) is 15.3. The van der Waals surface area contributed by atoms with E-state index in [9.17, 15) is 9.18 Å². The van der Waals surface area contributed by atoms with Gasteiger partial charge in [-0.3, -0.25) is 4.79 Å². The molecule has 0 aliphatic carbocycles. The topological polar surface area (TPSA) is 64.4 Å². The number of benzene rings is 2. The summed E-state index contributed by atoms with van der Waals surface area (Å²) < 4.78 is 24.5. The van der Waals surface area contributed by atoms with Crippen LogP contribution in [-0.2, 0) is 4.79 Å². The first-order chi connectivity index (χ1) is 11.1. The van der Waals surface area contributed by atoms with Gasteiger partial charge in [0.1, 0.15) is 22.3 Å². The largest absolute Gasteiger partial charge is 0.482 e. The van der Waals surface area contributed by atoms with Crippen LogP contribution in [0.5, 0.6) is 5.75 Å². The zero-order valence-electron chi connectivity index (χ0n) is 12.1. The molecule has 1 heterocycles. The van der Waals surface area contributed by atoms with Gasteiger partial charge in [0, 0.05) is 12.6 Å². The summed E-state index contributed by atoms with van der Waals surface area (Å²) in [7, 11) is 1.51. The van der Waals surface area contributed by atoms with E-state index in [1.807, 2.05) is 0 Å². The van der Waals surface area contributed by atoms with Gasteiger partial charge < -0.3 is 14.6 Å². The van der Waals surface area contributed by atoms with E-state index in [1.165, 1.54) is 13.1 Å². The molecule has 0 fully saturated rings. The van der Waals surface area contributed by atoms with Crippen molar-refractivity contribution >= 4 is 28.5 Å². The standard InChI is InChI=1S/C16H12ClFN2O3/c1-19-13(21)8-22-12-7-6-10-15(20-23-16(10)14(12)17)9-4-2-3-5-11(9)18/h2-7H,8H2,1H3,(H,19,21). The summed E-state index contributed by atoms with van der Waals surface area (Å²) in [6.07, 6.45) is 0. The van der Waals surface area contributed by atoms with E-state index in [2.05, 4.69) is 10.5 Å². The molecule has 0 aliphatic rings. The Morgan fingerprint density at radius 1 is 1.35 bits per heavy atom. The van der Waals surface area contributed by atoms with Gasteiger partial charge in [-0.15, -0.1) is 0 Å². The average Bonchev–Trinajstić information content (AvgIpc) is 2.99. The van der Waals surface area contributed by atoms with Crippen LogP contribution in [0.3, 0.4) is 0 Å². The maximum atomic E-state index is 13.9. The van der Waals surface area contributed by atoms with E-state index in [-0.39, 0.29) is 23.1 Å². The summed E-state index contributed by atoms with van der Waals surface area (Å²) in [6, 6.07) is 9.52. The molecule has 0 unspecified atom stereocenters. The minimum atomic E-state index is -0.404. The number of amides is 1. The molecule has 7 heteroatoms. The molecule has 0 atom stereocenters. The summed E-state index contributed by atoms with van der Waals surface area (Å²) in [5.74, 6) is -0.399. The van der Waals surface area contributed by atoms with Crippen LogP contribution < -0.4 is 10.1 Å². The van der Waals surface area contributed by atoms with Gasteiger partial charge in [0.05, 0.1) is 5.39 Å². The highest BCUT2D eigenvalue weighted by atomic mass is 35.5. The van der Waals surface area contributed by atoms with Crippen molar-refractivity contribution in [1.29, 1.82) is 0 Å². The Labute approximate surface area is 136 Å². The number of aromatic nitrogens is 1. The van der Waals surface area contributed by atoms with Crippen LogP contribution in [0.1, 0.15) is 0 Å². The molecular formula is C16H12ClFN2O3. The summed E-state index contributed by atoms with van der Waals surface area (Å²) in [5.41, 5.74) is 0.957. The van der Waals surface area contributed by atoms with Crippen LogP contribution in [0.4, 0.5) is 4.39 Å². The van der Waals surface area contributed by atoms with Crippen molar-refractivity contribution in [3.8, 4) is 17.0 Å². The fourth-order valence-corrected chi connectivity index (χ4v) is 2.38.